The molecule has 106 heavy (non-hydrogen) atoms. The largest absolute Gasteiger partial charge is 0.748 e. The van der Waals surface area contributed by atoms with Crippen molar-refractivity contribution in [2.75, 3.05) is 114 Å². The lowest BCUT2D eigenvalue weighted by Gasteiger charge is -2.29. The summed E-state index contributed by atoms with van der Waals surface area (Å²) in [6.07, 6.45) is 16.2. The van der Waals surface area contributed by atoms with Gasteiger partial charge < -0.3 is 49.5 Å². The van der Waals surface area contributed by atoms with Gasteiger partial charge in [0, 0.05) is 85.6 Å². The fraction of sp³-hybridized carbons (Fsp3) is 0.452. The second kappa shape index (κ2) is 35.4. The third-order valence-corrected chi connectivity index (χ3v) is 22.3. The normalized spacial score (nSPS) is 17.1. The van der Waals surface area contributed by atoms with Crippen molar-refractivity contribution >= 4 is 81.8 Å². The van der Waals surface area contributed by atoms with E-state index in [0.717, 1.165) is 93.7 Å². The maximum Gasteiger partial charge on any atom is 0.264 e. The SMILES string of the molecule is Cc1nn(-c2ccc(C(N)=O)c(NCCCOCCOCCOCCOCCOCCCNCc3ccc(C4=C(/C=C/C5=[N+](CCCCS(=O)(=O)[O-])c6c(ccc7ccccc67)C5(C)C)CCC/C4=C\C=C4/N(CCCCS(=O)(=O)O)c5ccc6ccccc6c5C4(C)C)cc3)c2)c2c1C(=O)CC(C)(C)C2. The van der Waals surface area contributed by atoms with Crippen LogP contribution in [0.3, 0.4) is 0 Å². The molecule has 20 nitrogen and oxygen atoms in total. The van der Waals surface area contributed by atoms with Crippen LogP contribution in [-0.2, 0) is 67.7 Å². The molecule has 7 aromatic rings. The van der Waals surface area contributed by atoms with E-state index in [9.17, 15) is 35.5 Å². The highest BCUT2D eigenvalue weighted by Gasteiger charge is 2.46. The maximum atomic E-state index is 13.0. The number of aromatic nitrogens is 2. The molecule has 0 radical (unpaired) electrons. The van der Waals surface area contributed by atoms with Crippen LogP contribution in [0.5, 0.6) is 0 Å². The molecular weight excluding hydrogens is 1380 g/mol. The first-order valence-corrected chi connectivity index (χ1v) is 40.7. The standard InChI is InChI=1S/C84H105N7O13S2/c1-59-77-73(56-82(2,3)57-74(77)92)91(88-59)66-33-34-69(81(85)93)71(55-66)87-40-18-44-101-46-48-103-50-52-104-51-49-102-47-45-100-43-17-39-86-58-60-25-27-65(28-26-60)78-63(31-37-75-83(4,5)70-35-29-62-20-9-11-24-68(62)80(70)90(75)42-13-15-54-106(97,98)99)21-16-22-64(78)32-38-76-84(6,7)79-67-23-10-8-19-61(67)30-36-72(79)89(76)41-12-14-53-105(94,95)96/h8-11,19-20,23-38,55,86H,12-18,21-22,39-54,56-58H2,1-7H3,(H4-,85,87,93,94,95,96,97,98,99). The van der Waals surface area contributed by atoms with E-state index >= 15 is 0 Å². The molecule has 22 heteroatoms. The molecule has 3 heterocycles. The molecule has 0 fully saturated rings. The van der Waals surface area contributed by atoms with Gasteiger partial charge in [0.05, 0.1) is 108 Å². The van der Waals surface area contributed by atoms with Crippen LogP contribution in [0.15, 0.2) is 156 Å². The highest BCUT2D eigenvalue weighted by Crippen LogP contribution is 2.52. The third-order valence-electron chi connectivity index (χ3n) is 20.7. The van der Waals surface area contributed by atoms with Crippen molar-refractivity contribution < 1.29 is 63.8 Å². The molecule has 0 saturated carbocycles. The summed E-state index contributed by atoms with van der Waals surface area (Å²) in [6, 6.07) is 39.8. The van der Waals surface area contributed by atoms with E-state index in [2.05, 4.69) is 177 Å². The molecule has 0 saturated heterocycles. The Morgan fingerprint density at radius 3 is 1.99 bits per heavy atom. The number of benzene rings is 6. The van der Waals surface area contributed by atoms with Crippen molar-refractivity contribution in [1.82, 2.24) is 15.1 Å². The summed E-state index contributed by atoms with van der Waals surface area (Å²) in [5.74, 6) is -1.12. The number of anilines is 2. The molecule has 566 valence electrons. The smallest absolute Gasteiger partial charge is 0.264 e. The first kappa shape index (κ1) is 79.1. The molecule has 2 aliphatic heterocycles. The number of ether oxygens (including phenoxy) is 5. The van der Waals surface area contributed by atoms with Gasteiger partial charge in [-0.2, -0.15) is 18.1 Å². The molecule has 2 aliphatic carbocycles. The zero-order chi connectivity index (χ0) is 75.2. The highest BCUT2D eigenvalue weighted by molar-refractivity contribution is 7.85. The van der Waals surface area contributed by atoms with Gasteiger partial charge in [-0.15, -0.1) is 0 Å². The van der Waals surface area contributed by atoms with Crippen molar-refractivity contribution in [2.24, 2.45) is 11.1 Å². The van der Waals surface area contributed by atoms with Crippen LogP contribution in [0, 0.1) is 12.3 Å². The van der Waals surface area contributed by atoms with Crippen LogP contribution in [0.25, 0.3) is 32.8 Å². The van der Waals surface area contributed by atoms with Gasteiger partial charge in [0.15, 0.2) is 11.5 Å². The first-order chi connectivity index (χ1) is 50.8. The number of rotatable bonds is 39. The highest BCUT2D eigenvalue weighted by atomic mass is 32.2. The molecule has 0 bridgehead atoms. The zero-order valence-corrected chi connectivity index (χ0v) is 64.2. The topological polar surface area (TPSA) is 266 Å². The third kappa shape index (κ3) is 19.6. The Hall–Kier alpha value is -8.00. The Morgan fingerprint density at radius 2 is 1.32 bits per heavy atom. The van der Waals surface area contributed by atoms with Crippen molar-refractivity contribution in [3.8, 4) is 5.69 Å². The number of unbranched alkanes of at least 4 members (excludes halogenated alkanes) is 2. The van der Waals surface area contributed by atoms with Crippen LogP contribution in [0.1, 0.15) is 160 Å². The number of aryl methyl sites for hydroxylation is 1. The number of nitrogens with one attached hydrogen (secondary N) is 2. The Balaban J connectivity index is 0.654. The number of carbonyl (C=O) groups excluding carboxylic acids is 2. The number of allylic oxidation sites excluding steroid dienone is 8. The maximum absolute atomic E-state index is 13.0. The number of primary amides is 1. The average Bonchev–Trinajstić information content (AvgIpc) is 1.58. The van der Waals surface area contributed by atoms with Crippen molar-refractivity contribution in [2.45, 2.75) is 136 Å². The van der Waals surface area contributed by atoms with E-state index in [1.54, 1.807) is 6.07 Å². The number of hydrogen-bond acceptors (Lipinski definition) is 16. The fourth-order valence-corrected chi connectivity index (χ4v) is 16.8. The quantitative estimate of drug-likeness (QED) is 0.0158. The van der Waals surface area contributed by atoms with Crippen LogP contribution < -0.4 is 21.3 Å². The Bertz CT molecular complexity index is 4720. The number of fused-ring (bicyclic) bond motifs is 7. The van der Waals surface area contributed by atoms with E-state index in [0.29, 0.717) is 153 Å². The predicted molar refractivity (Wildman–Crippen MR) is 420 cm³/mol. The summed E-state index contributed by atoms with van der Waals surface area (Å²) in [6.45, 7) is 22.9. The summed E-state index contributed by atoms with van der Waals surface area (Å²) in [5.41, 5.74) is 21.5. The summed E-state index contributed by atoms with van der Waals surface area (Å²) in [7, 11) is -8.47. The van der Waals surface area contributed by atoms with Crippen molar-refractivity contribution in [3.05, 3.63) is 201 Å². The van der Waals surface area contributed by atoms with Gasteiger partial charge in [-0.05, 0) is 176 Å². The van der Waals surface area contributed by atoms with Gasteiger partial charge in [0.25, 0.3) is 16.0 Å². The fourth-order valence-electron chi connectivity index (χ4n) is 15.6. The number of Topliss-reactive ketones (excluding diaryl/α,β-unsaturated/α-hetero) is 1. The lowest BCUT2D eigenvalue weighted by Crippen LogP contribution is -2.28. The zero-order valence-electron chi connectivity index (χ0n) is 62.6. The van der Waals surface area contributed by atoms with Gasteiger partial charge in [0.2, 0.25) is 5.69 Å². The van der Waals surface area contributed by atoms with E-state index in [1.165, 1.54) is 33.2 Å². The molecule has 5 N–H and O–H groups in total. The second-order valence-corrected chi connectivity index (χ2v) is 33.1. The molecular formula is C84H105N7O13S2. The summed E-state index contributed by atoms with van der Waals surface area (Å²) >= 11 is 0. The Kier molecular flexibility index (Phi) is 26.4. The monoisotopic (exact) mass is 1480 g/mol. The van der Waals surface area contributed by atoms with Crippen LogP contribution in [0.2, 0.25) is 0 Å². The lowest BCUT2D eigenvalue weighted by molar-refractivity contribution is -0.436. The number of carbonyl (C=O) groups is 2. The van der Waals surface area contributed by atoms with E-state index in [1.807, 2.05) is 29.8 Å². The number of hydrogen-bond donors (Lipinski definition) is 4. The Labute approximate surface area is 625 Å². The van der Waals surface area contributed by atoms with Crippen LogP contribution in [-0.4, -0.2) is 161 Å². The molecule has 6 aromatic carbocycles. The minimum absolute atomic E-state index is 0.107. The van der Waals surface area contributed by atoms with Crippen LogP contribution in [0.4, 0.5) is 17.1 Å². The predicted octanol–water partition coefficient (Wildman–Crippen LogP) is 14.0. The molecule has 0 spiro atoms. The molecule has 1 amide bonds. The number of nitrogens with two attached hydrogens (primary N) is 1. The van der Waals surface area contributed by atoms with Gasteiger partial charge in [-0.1, -0.05) is 125 Å². The molecule has 0 unspecified atom stereocenters. The van der Waals surface area contributed by atoms with E-state index < -0.39 is 42.7 Å². The van der Waals surface area contributed by atoms with Gasteiger partial charge in [-0.3, -0.25) is 14.1 Å². The molecule has 4 aliphatic rings. The van der Waals surface area contributed by atoms with Gasteiger partial charge >= 0.3 is 0 Å². The van der Waals surface area contributed by atoms with E-state index in [-0.39, 0.29) is 23.4 Å². The minimum Gasteiger partial charge on any atom is -0.748 e. The first-order valence-electron chi connectivity index (χ1n) is 37.5. The second-order valence-electron chi connectivity index (χ2n) is 30.0. The Morgan fingerprint density at radius 1 is 0.689 bits per heavy atom. The minimum atomic E-state index is -4.36. The number of nitrogens with zero attached hydrogens (tertiary/aromatic N) is 4. The van der Waals surface area contributed by atoms with Crippen molar-refractivity contribution in [3.63, 3.8) is 0 Å². The molecule has 0 atom stereocenters. The van der Waals surface area contributed by atoms with Gasteiger partial charge in [-0.25, -0.2) is 13.1 Å². The summed E-state index contributed by atoms with van der Waals surface area (Å²) in [5, 5.41) is 16.2. The van der Waals surface area contributed by atoms with Gasteiger partial charge in [0.1, 0.15) is 6.54 Å². The average molecular weight is 1480 g/mol. The molecule has 11 rings (SSSR count). The summed E-state index contributed by atoms with van der Waals surface area (Å²) in [4.78, 5) is 27.7. The van der Waals surface area contributed by atoms with Crippen molar-refractivity contribution in [1.29, 1.82) is 0 Å². The van der Waals surface area contributed by atoms with E-state index in [4.69, 9.17) is 34.5 Å². The van der Waals surface area contributed by atoms with Crippen LogP contribution >= 0.6 is 0 Å². The summed E-state index contributed by atoms with van der Waals surface area (Å²) < 4.78 is 102. The lowest BCUT2D eigenvalue weighted by atomic mass is 9.75. The number of amides is 1. The molecule has 1 aromatic heterocycles. The number of ketones is 1.